The summed E-state index contributed by atoms with van der Waals surface area (Å²) in [6, 6.07) is 9.78. The van der Waals surface area contributed by atoms with E-state index in [-0.39, 0.29) is 0 Å². The Morgan fingerprint density at radius 1 is 1.44 bits per heavy atom. The zero-order valence-corrected chi connectivity index (χ0v) is 11.3. The third-order valence-corrected chi connectivity index (χ3v) is 3.23. The van der Waals surface area contributed by atoms with Crippen LogP contribution >= 0.6 is 12.2 Å². The third-order valence-electron chi connectivity index (χ3n) is 2.89. The lowest BCUT2D eigenvalue weighted by Crippen LogP contribution is -2.06. The van der Waals surface area contributed by atoms with E-state index >= 15 is 0 Å². The van der Waals surface area contributed by atoms with E-state index in [0.29, 0.717) is 18.0 Å². The van der Waals surface area contributed by atoms with Crippen molar-refractivity contribution in [2.24, 2.45) is 0 Å². The number of hydrogen-bond acceptors (Lipinski definition) is 2. The summed E-state index contributed by atoms with van der Waals surface area (Å²) in [6.07, 6.45) is 1.96. The maximum atomic E-state index is 8.90. The predicted octanol–water partition coefficient (Wildman–Crippen LogP) is 3.59. The molecule has 0 unspecified atom stereocenters. The van der Waals surface area contributed by atoms with Crippen LogP contribution in [0.4, 0.5) is 0 Å². The van der Waals surface area contributed by atoms with Gasteiger partial charge in [0.25, 0.3) is 0 Å². The molecule has 0 radical (unpaired) electrons. The molecule has 0 aliphatic rings. The number of benzene rings is 1. The van der Waals surface area contributed by atoms with Gasteiger partial charge in [-0.1, -0.05) is 26.0 Å². The van der Waals surface area contributed by atoms with Gasteiger partial charge in [0.05, 0.1) is 18.2 Å². The standard InChI is InChI=1S/C14H15N3S/c1-10(2)13-8-16-14(18)17(13)9-12-5-3-4-11(6-12)7-15/h3-6,8,10H,9H2,1-2H3,(H,16,18). The van der Waals surface area contributed by atoms with Crippen LogP contribution in [0.5, 0.6) is 0 Å². The van der Waals surface area contributed by atoms with Gasteiger partial charge >= 0.3 is 0 Å². The molecule has 1 N–H and O–H groups in total. The minimum absolute atomic E-state index is 0.414. The maximum Gasteiger partial charge on any atom is 0.177 e. The molecule has 4 heteroatoms. The molecule has 0 bridgehead atoms. The van der Waals surface area contributed by atoms with Crippen molar-refractivity contribution in [3.05, 3.63) is 52.1 Å². The molecular weight excluding hydrogens is 242 g/mol. The highest BCUT2D eigenvalue weighted by Crippen LogP contribution is 2.16. The summed E-state index contributed by atoms with van der Waals surface area (Å²) >= 11 is 5.29. The maximum absolute atomic E-state index is 8.90. The first-order valence-corrected chi connectivity index (χ1v) is 6.30. The Bertz CT molecular complexity index is 644. The number of nitriles is 1. The smallest absolute Gasteiger partial charge is 0.177 e. The lowest BCUT2D eigenvalue weighted by atomic mass is 10.1. The Morgan fingerprint density at radius 2 is 2.22 bits per heavy atom. The van der Waals surface area contributed by atoms with Crippen LogP contribution in [-0.4, -0.2) is 9.55 Å². The Hall–Kier alpha value is -1.86. The van der Waals surface area contributed by atoms with E-state index in [0.717, 1.165) is 10.3 Å². The first-order valence-electron chi connectivity index (χ1n) is 5.89. The number of aromatic amines is 1. The van der Waals surface area contributed by atoms with E-state index in [2.05, 4.69) is 29.5 Å². The normalized spacial score (nSPS) is 10.6. The molecule has 1 heterocycles. The largest absolute Gasteiger partial charge is 0.337 e. The number of hydrogen-bond donors (Lipinski definition) is 1. The van der Waals surface area contributed by atoms with Crippen molar-refractivity contribution in [3.8, 4) is 6.07 Å². The molecule has 0 atom stereocenters. The van der Waals surface area contributed by atoms with Crippen LogP contribution in [0.3, 0.4) is 0 Å². The van der Waals surface area contributed by atoms with Crippen molar-refractivity contribution in [3.63, 3.8) is 0 Å². The van der Waals surface area contributed by atoms with Crippen LogP contribution in [0.15, 0.2) is 30.5 Å². The van der Waals surface area contributed by atoms with Gasteiger partial charge in [0.1, 0.15) is 0 Å². The van der Waals surface area contributed by atoms with Crippen molar-refractivity contribution in [1.29, 1.82) is 5.26 Å². The average Bonchev–Trinajstić information content (AvgIpc) is 2.71. The fourth-order valence-electron chi connectivity index (χ4n) is 1.97. The van der Waals surface area contributed by atoms with Gasteiger partial charge in [-0.3, -0.25) is 0 Å². The second kappa shape index (κ2) is 5.19. The van der Waals surface area contributed by atoms with Gasteiger partial charge in [0, 0.05) is 11.9 Å². The highest BCUT2D eigenvalue weighted by molar-refractivity contribution is 7.71. The van der Waals surface area contributed by atoms with Crippen LogP contribution in [-0.2, 0) is 6.54 Å². The fourth-order valence-corrected chi connectivity index (χ4v) is 2.20. The van der Waals surface area contributed by atoms with Gasteiger partial charge in [-0.25, -0.2) is 0 Å². The van der Waals surface area contributed by atoms with E-state index in [9.17, 15) is 0 Å². The van der Waals surface area contributed by atoms with Crippen molar-refractivity contribution < 1.29 is 0 Å². The van der Waals surface area contributed by atoms with Crippen molar-refractivity contribution in [1.82, 2.24) is 9.55 Å². The lowest BCUT2D eigenvalue weighted by molar-refractivity contribution is 0.684. The van der Waals surface area contributed by atoms with E-state index in [1.54, 1.807) is 0 Å². The Labute approximate surface area is 112 Å². The topological polar surface area (TPSA) is 44.5 Å². The molecular formula is C14H15N3S. The SMILES string of the molecule is CC(C)c1c[nH]c(=S)n1Cc1cccc(C#N)c1. The van der Waals surface area contributed by atoms with Gasteiger partial charge in [-0.2, -0.15) is 5.26 Å². The van der Waals surface area contributed by atoms with E-state index in [4.69, 9.17) is 17.5 Å². The van der Waals surface area contributed by atoms with Crippen molar-refractivity contribution in [2.45, 2.75) is 26.3 Å². The Morgan fingerprint density at radius 3 is 2.89 bits per heavy atom. The fraction of sp³-hybridized carbons (Fsp3) is 0.286. The highest BCUT2D eigenvalue weighted by atomic mass is 32.1. The van der Waals surface area contributed by atoms with Gasteiger partial charge in [-0.15, -0.1) is 0 Å². The third kappa shape index (κ3) is 2.52. The number of nitrogens with one attached hydrogen (secondary N) is 1. The number of rotatable bonds is 3. The number of nitrogens with zero attached hydrogens (tertiary/aromatic N) is 2. The summed E-state index contributed by atoms with van der Waals surface area (Å²) in [7, 11) is 0. The van der Waals surface area contributed by atoms with Crippen LogP contribution < -0.4 is 0 Å². The molecule has 2 aromatic rings. The number of aromatic nitrogens is 2. The summed E-state index contributed by atoms with van der Waals surface area (Å²) in [5.74, 6) is 0.414. The van der Waals surface area contributed by atoms with Gasteiger partial charge in [0.2, 0.25) is 0 Å². The van der Waals surface area contributed by atoms with Crippen LogP contribution in [0.2, 0.25) is 0 Å². The second-order valence-corrected chi connectivity index (χ2v) is 4.96. The molecule has 3 nitrogen and oxygen atoms in total. The second-order valence-electron chi connectivity index (χ2n) is 4.57. The summed E-state index contributed by atoms with van der Waals surface area (Å²) in [5, 5.41) is 8.90. The van der Waals surface area contributed by atoms with Crippen molar-refractivity contribution >= 4 is 12.2 Å². The van der Waals surface area contributed by atoms with E-state index in [1.807, 2.05) is 30.5 Å². The zero-order chi connectivity index (χ0) is 13.1. The number of imidazole rings is 1. The minimum atomic E-state index is 0.414. The minimum Gasteiger partial charge on any atom is -0.337 e. The summed E-state index contributed by atoms with van der Waals surface area (Å²) in [4.78, 5) is 3.08. The van der Waals surface area contributed by atoms with Gasteiger partial charge in [0.15, 0.2) is 4.77 Å². The predicted molar refractivity (Wildman–Crippen MR) is 74.0 cm³/mol. The lowest BCUT2D eigenvalue weighted by Gasteiger charge is -2.11. The molecule has 0 saturated heterocycles. The van der Waals surface area contributed by atoms with E-state index in [1.165, 1.54) is 5.69 Å². The first-order chi connectivity index (χ1) is 8.61. The molecule has 0 fully saturated rings. The summed E-state index contributed by atoms with van der Waals surface area (Å²) in [6.45, 7) is 4.98. The highest BCUT2D eigenvalue weighted by Gasteiger charge is 2.08. The zero-order valence-electron chi connectivity index (χ0n) is 10.5. The van der Waals surface area contributed by atoms with E-state index < -0.39 is 0 Å². The van der Waals surface area contributed by atoms with Gasteiger partial charge in [-0.05, 0) is 35.8 Å². The Kier molecular flexibility index (Phi) is 3.63. The quantitative estimate of drug-likeness (QED) is 0.854. The van der Waals surface area contributed by atoms with Gasteiger partial charge < -0.3 is 9.55 Å². The first kappa shape index (κ1) is 12.6. The average molecular weight is 257 g/mol. The molecule has 1 aromatic carbocycles. The summed E-state index contributed by atoms with van der Waals surface area (Å²) < 4.78 is 2.80. The molecule has 0 aliphatic heterocycles. The molecule has 2 rings (SSSR count). The van der Waals surface area contributed by atoms with Crippen LogP contribution in [0, 0.1) is 16.1 Å². The van der Waals surface area contributed by atoms with Crippen molar-refractivity contribution in [2.75, 3.05) is 0 Å². The van der Waals surface area contributed by atoms with Crippen LogP contribution in [0.1, 0.15) is 36.6 Å². The molecule has 0 aliphatic carbocycles. The monoisotopic (exact) mass is 257 g/mol. The van der Waals surface area contributed by atoms with Crippen LogP contribution in [0.25, 0.3) is 0 Å². The molecule has 0 spiro atoms. The molecule has 1 aromatic heterocycles. The molecule has 18 heavy (non-hydrogen) atoms. The molecule has 92 valence electrons. The Balaban J connectivity index is 2.37. The molecule has 0 amide bonds. The summed E-state index contributed by atoms with van der Waals surface area (Å²) in [5.41, 5.74) is 2.95. The molecule has 0 saturated carbocycles. The number of H-pyrrole nitrogens is 1.